The van der Waals surface area contributed by atoms with Crippen molar-refractivity contribution in [3.63, 3.8) is 0 Å². The number of ether oxygens (including phenoxy) is 5. The van der Waals surface area contributed by atoms with Gasteiger partial charge in [0.25, 0.3) is 0 Å². The van der Waals surface area contributed by atoms with E-state index in [1.807, 2.05) is 6.07 Å². The summed E-state index contributed by atoms with van der Waals surface area (Å²) < 4.78 is 27.0. The van der Waals surface area contributed by atoms with Crippen molar-refractivity contribution < 1.29 is 42.9 Å². The second-order valence-electron chi connectivity index (χ2n) is 8.03. The van der Waals surface area contributed by atoms with Gasteiger partial charge in [0.05, 0.1) is 5.71 Å². The molecule has 0 aliphatic carbocycles. The minimum Gasteiger partial charge on any atom is -0.463 e. The normalized spacial score (nSPS) is 23.3. The molecule has 1 fully saturated rings. The molecule has 202 valence electrons. The maximum absolute atomic E-state index is 11.9. The van der Waals surface area contributed by atoms with Gasteiger partial charge in [-0.05, 0) is 36.8 Å². The Morgan fingerprint density at radius 2 is 1.54 bits per heavy atom. The number of nitrogen functional groups attached to an aromatic ring is 1. The Kier molecular flexibility index (Phi) is 10.8. The number of nitrogens with one attached hydrogen (secondary N) is 2. The molecule has 5 atom stereocenters. The standard InChI is InChI=1S/C23H30N4O9S/c1-11(16-7-6-8-17(24)9-16)26-27-23(37)25-22-21(35-15(5)31)20(34-14(4)30)19(33-13(3)29)18(36-22)10-32-12(2)28/h6-9,18-22H,10,24H2,1-5H3,(H2,25,27,37)/b26-11+/t18-,19-,20+,21-,22-/m1/s1. The summed E-state index contributed by atoms with van der Waals surface area (Å²) in [5.74, 6) is -2.82. The lowest BCUT2D eigenvalue weighted by molar-refractivity contribution is -0.254. The summed E-state index contributed by atoms with van der Waals surface area (Å²) in [4.78, 5) is 47.0. The number of thiocarbonyl (C=S) groups is 1. The van der Waals surface area contributed by atoms with Crippen LogP contribution in [0.1, 0.15) is 40.2 Å². The van der Waals surface area contributed by atoms with Gasteiger partial charge in [0.1, 0.15) is 12.7 Å². The first-order valence-corrected chi connectivity index (χ1v) is 11.6. The van der Waals surface area contributed by atoms with Gasteiger partial charge >= 0.3 is 23.9 Å². The van der Waals surface area contributed by atoms with Crippen molar-refractivity contribution in [3.8, 4) is 0 Å². The smallest absolute Gasteiger partial charge is 0.303 e. The van der Waals surface area contributed by atoms with E-state index in [4.69, 9.17) is 41.6 Å². The molecule has 1 heterocycles. The summed E-state index contributed by atoms with van der Waals surface area (Å²) in [7, 11) is 0. The molecule has 0 radical (unpaired) electrons. The lowest BCUT2D eigenvalue weighted by Crippen LogP contribution is -2.66. The zero-order chi connectivity index (χ0) is 27.7. The lowest BCUT2D eigenvalue weighted by atomic mass is 9.97. The third-order valence-electron chi connectivity index (χ3n) is 4.89. The zero-order valence-corrected chi connectivity index (χ0v) is 21.8. The Morgan fingerprint density at radius 3 is 2.11 bits per heavy atom. The topological polar surface area (TPSA) is 177 Å². The van der Waals surface area contributed by atoms with Crippen LogP contribution in [0.2, 0.25) is 0 Å². The second kappa shape index (κ2) is 13.5. The van der Waals surface area contributed by atoms with Gasteiger partial charge in [0.2, 0.25) is 0 Å². The number of anilines is 1. The van der Waals surface area contributed by atoms with E-state index in [0.717, 1.165) is 26.3 Å². The molecule has 0 spiro atoms. The van der Waals surface area contributed by atoms with Crippen molar-refractivity contribution in [2.24, 2.45) is 5.10 Å². The Hall–Kier alpha value is -3.78. The van der Waals surface area contributed by atoms with Crippen LogP contribution in [0.4, 0.5) is 5.69 Å². The van der Waals surface area contributed by atoms with Crippen molar-refractivity contribution >= 4 is 52.6 Å². The summed E-state index contributed by atoms with van der Waals surface area (Å²) in [6, 6.07) is 7.06. The Balaban J connectivity index is 2.32. The van der Waals surface area contributed by atoms with Crippen LogP contribution in [-0.2, 0) is 42.9 Å². The van der Waals surface area contributed by atoms with Crippen molar-refractivity contribution in [2.45, 2.75) is 65.3 Å². The molecule has 13 nitrogen and oxygen atoms in total. The third-order valence-corrected chi connectivity index (χ3v) is 5.10. The first-order chi connectivity index (χ1) is 17.4. The summed E-state index contributed by atoms with van der Waals surface area (Å²) in [6.45, 7) is 5.97. The molecule has 0 aromatic heterocycles. The molecule has 0 saturated carbocycles. The van der Waals surface area contributed by atoms with Crippen LogP contribution in [0.25, 0.3) is 0 Å². The number of nitrogens with two attached hydrogens (primary N) is 1. The number of carbonyl (C=O) groups is 4. The highest BCUT2D eigenvalue weighted by Gasteiger charge is 2.52. The Labute approximate surface area is 219 Å². The zero-order valence-electron chi connectivity index (χ0n) is 21.0. The minimum absolute atomic E-state index is 0.0378. The van der Waals surface area contributed by atoms with Gasteiger partial charge in [-0.3, -0.25) is 24.6 Å². The number of benzene rings is 1. The molecule has 14 heteroatoms. The highest BCUT2D eigenvalue weighted by molar-refractivity contribution is 7.80. The molecule has 2 rings (SSSR count). The molecule has 37 heavy (non-hydrogen) atoms. The molecular formula is C23H30N4O9S. The third kappa shape index (κ3) is 9.31. The predicted molar refractivity (Wildman–Crippen MR) is 134 cm³/mol. The predicted octanol–water partition coefficient (Wildman–Crippen LogP) is 0.540. The van der Waals surface area contributed by atoms with E-state index in [0.29, 0.717) is 11.4 Å². The van der Waals surface area contributed by atoms with Crippen LogP contribution in [0, 0.1) is 0 Å². The fourth-order valence-electron chi connectivity index (χ4n) is 3.47. The van der Waals surface area contributed by atoms with Crippen LogP contribution in [-0.4, -0.2) is 72.0 Å². The largest absolute Gasteiger partial charge is 0.463 e. The van der Waals surface area contributed by atoms with Crippen molar-refractivity contribution in [3.05, 3.63) is 29.8 Å². The highest BCUT2D eigenvalue weighted by atomic mass is 32.1. The van der Waals surface area contributed by atoms with E-state index in [2.05, 4.69) is 15.8 Å². The quantitative estimate of drug-likeness (QED) is 0.104. The molecule has 1 aliphatic rings. The lowest BCUT2D eigenvalue weighted by Gasteiger charge is -2.44. The van der Waals surface area contributed by atoms with E-state index in [9.17, 15) is 19.2 Å². The van der Waals surface area contributed by atoms with Gasteiger partial charge in [-0.1, -0.05) is 12.1 Å². The van der Waals surface area contributed by atoms with Crippen LogP contribution in [0.15, 0.2) is 29.4 Å². The SMILES string of the molecule is CC(=O)OC[C@H]1O[C@@H](NC(=S)N/N=C(\C)c2cccc(N)c2)[C@H](OC(C)=O)[C@@H](OC(C)=O)[C@@H]1OC(C)=O. The molecule has 4 N–H and O–H groups in total. The van der Waals surface area contributed by atoms with Crippen LogP contribution in [0.5, 0.6) is 0 Å². The van der Waals surface area contributed by atoms with Crippen LogP contribution in [0.3, 0.4) is 0 Å². The number of carbonyl (C=O) groups excluding carboxylic acids is 4. The number of esters is 4. The van der Waals surface area contributed by atoms with E-state index >= 15 is 0 Å². The van der Waals surface area contributed by atoms with E-state index in [1.165, 1.54) is 6.92 Å². The minimum atomic E-state index is -1.32. The molecule has 0 unspecified atom stereocenters. The van der Waals surface area contributed by atoms with Gasteiger partial charge in [-0.2, -0.15) is 5.10 Å². The molecule has 1 aliphatic heterocycles. The number of hydrazone groups is 1. The summed E-state index contributed by atoms with van der Waals surface area (Å²) in [5.41, 5.74) is 10.3. The maximum atomic E-state index is 11.9. The Bertz CT molecular complexity index is 1060. The van der Waals surface area contributed by atoms with Crippen molar-refractivity contribution in [2.75, 3.05) is 12.3 Å². The van der Waals surface area contributed by atoms with Crippen molar-refractivity contribution in [1.82, 2.24) is 10.7 Å². The first-order valence-electron chi connectivity index (χ1n) is 11.1. The fraction of sp³-hybridized carbons (Fsp3) is 0.478. The van der Waals surface area contributed by atoms with Crippen LogP contribution >= 0.6 is 12.2 Å². The average Bonchev–Trinajstić information content (AvgIpc) is 2.79. The Morgan fingerprint density at radius 1 is 0.946 bits per heavy atom. The van der Waals surface area contributed by atoms with E-state index in [1.54, 1.807) is 25.1 Å². The second-order valence-corrected chi connectivity index (χ2v) is 8.44. The number of rotatable bonds is 8. The van der Waals surface area contributed by atoms with E-state index < -0.39 is 54.5 Å². The molecule has 0 bridgehead atoms. The number of nitrogens with zero attached hydrogens (tertiary/aromatic N) is 1. The van der Waals surface area contributed by atoms with Gasteiger partial charge in [0.15, 0.2) is 29.7 Å². The summed E-state index contributed by atoms with van der Waals surface area (Å²) >= 11 is 5.31. The van der Waals surface area contributed by atoms with E-state index in [-0.39, 0.29) is 11.7 Å². The van der Waals surface area contributed by atoms with Gasteiger partial charge in [-0.15, -0.1) is 0 Å². The molecule has 1 saturated heterocycles. The first kappa shape index (κ1) is 29.5. The highest BCUT2D eigenvalue weighted by Crippen LogP contribution is 2.28. The van der Waals surface area contributed by atoms with Gasteiger partial charge in [-0.25, -0.2) is 0 Å². The van der Waals surface area contributed by atoms with Gasteiger partial charge < -0.3 is 34.7 Å². The van der Waals surface area contributed by atoms with Gasteiger partial charge in [0, 0.05) is 33.4 Å². The number of hydrogen-bond acceptors (Lipinski definition) is 12. The summed E-state index contributed by atoms with van der Waals surface area (Å²) in [5, 5.41) is 6.97. The molecule has 1 aromatic rings. The number of hydrogen-bond donors (Lipinski definition) is 3. The fourth-order valence-corrected chi connectivity index (χ4v) is 3.63. The van der Waals surface area contributed by atoms with Crippen molar-refractivity contribution in [1.29, 1.82) is 0 Å². The monoisotopic (exact) mass is 538 g/mol. The maximum Gasteiger partial charge on any atom is 0.303 e. The molecule has 0 amide bonds. The van der Waals surface area contributed by atoms with Crippen LogP contribution < -0.4 is 16.5 Å². The molecule has 1 aromatic carbocycles. The summed E-state index contributed by atoms with van der Waals surface area (Å²) in [6.07, 6.45) is -6.23. The molecular weight excluding hydrogens is 508 g/mol. The average molecular weight is 539 g/mol.